The van der Waals surface area contributed by atoms with Gasteiger partial charge in [-0.15, -0.1) is 11.8 Å². The van der Waals surface area contributed by atoms with E-state index in [1.807, 2.05) is 6.07 Å². The van der Waals surface area contributed by atoms with Gasteiger partial charge >= 0.3 is 0 Å². The van der Waals surface area contributed by atoms with Gasteiger partial charge in [0.15, 0.2) is 0 Å². The van der Waals surface area contributed by atoms with E-state index in [1.54, 1.807) is 42.1 Å². The van der Waals surface area contributed by atoms with Crippen LogP contribution in [0.1, 0.15) is 50.5 Å². The zero-order valence-corrected chi connectivity index (χ0v) is 27.2. The largest absolute Gasteiger partial charge is 0.351 e. The van der Waals surface area contributed by atoms with Crippen molar-refractivity contribution in [3.05, 3.63) is 66.2 Å². The molecule has 2 aromatic rings. The predicted octanol–water partition coefficient (Wildman–Crippen LogP) is 4.33. The number of benzene rings is 2. The van der Waals surface area contributed by atoms with Gasteiger partial charge < -0.3 is 10.6 Å². The van der Waals surface area contributed by atoms with E-state index in [4.69, 9.17) is 0 Å². The third kappa shape index (κ3) is 9.00. The quantitative estimate of drug-likeness (QED) is 0.355. The zero-order valence-electron chi connectivity index (χ0n) is 24.7. The first-order chi connectivity index (χ1) is 20.9. The smallest absolute Gasteiger partial charge is 0.244 e. The number of nitrogens with one attached hydrogen (secondary N) is 2. The molecule has 1 unspecified atom stereocenters. The molecule has 3 aliphatic rings. The molecule has 0 spiro atoms. The summed E-state index contributed by atoms with van der Waals surface area (Å²) >= 11 is 3.14. The standard InChI is InChI=1S/C32H44N4O4S3/c37-31(33-27-16-18-35(19-17-27)20-25-10-4-1-5-11-25)29(22-41-21-26-12-6-2-7-13-26)34-32(38)30-23-42-24-36(30)43(39,40)28-14-8-3-9-15-28/h1,3-5,8-11,14-15,26-27,29-30H,2,6-7,12-13,16-24H2,(H,33,37)(H,34,38)/t29-,30?/m0/s1. The van der Waals surface area contributed by atoms with Crippen LogP contribution in [0, 0.1) is 5.92 Å². The molecule has 2 N–H and O–H groups in total. The predicted molar refractivity (Wildman–Crippen MR) is 175 cm³/mol. The third-order valence-corrected chi connectivity index (χ3v) is 13.0. The molecular formula is C32H44N4O4S3. The van der Waals surface area contributed by atoms with Crippen LogP contribution in [0.5, 0.6) is 0 Å². The number of hydrogen-bond acceptors (Lipinski definition) is 7. The van der Waals surface area contributed by atoms with E-state index in [1.165, 1.54) is 53.7 Å². The molecule has 3 fully saturated rings. The van der Waals surface area contributed by atoms with Gasteiger partial charge in [-0.25, -0.2) is 8.42 Å². The lowest BCUT2D eigenvalue weighted by molar-refractivity contribution is -0.130. The highest BCUT2D eigenvalue weighted by Crippen LogP contribution is 2.29. The van der Waals surface area contributed by atoms with Crippen LogP contribution in [0.4, 0.5) is 0 Å². The highest BCUT2D eigenvalue weighted by molar-refractivity contribution is 8.00. The molecule has 5 rings (SSSR count). The van der Waals surface area contributed by atoms with E-state index in [2.05, 4.69) is 39.8 Å². The minimum absolute atomic E-state index is 0.0549. The van der Waals surface area contributed by atoms with Crippen LogP contribution in [0.25, 0.3) is 0 Å². The minimum Gasteiger partial charge on any atom is -0.351 e. The number of thioether (sulfide) groups is 2. The van der Waals surface area contributed by atoms with Crippen LogP contribution in [0.2, 0.25) is 0 Å². The first kappa shape index (κ1) is 32.3. The average Bonchev–Trinajstić information content (AvgIpc) is 3.54. The molecule has 234 valence electrons. The average molecular weight is 645 g/mol. The molecule has 43 heavy (non-hydrogen) atoms. The fourth-order valence-corrected chi connectivity index (χ4v) is 10.6. The second-order valence-corrected chi connectivity index (χ2v) is 15.8. The monoisotopic (exact) mass is 644 g/mol. The molecule has 1 saturated carbocycles. The van der Waals surface area contributed by atoms with Crippen LogP contribution in [0.3, 0.4) is 0 Å². The summed E-state index contributed by atoms with van der Waals surface area (Å²) in [5.41, 5.74) is 1.29. The maximum absolute atomic E-state index is 13.6. The molecule has 0 bridgehead atoms. The summed E-state index contributed by atoms with van der Waals surface area (Å²) in [7, 11) is -3.83. The van der Waals surface area contributed by atoms with Gasteiger partial charge in [-0.1, -0.05) is 67.8 Å². The van der Waals surface area contributed by atoms with Crippen molar-refractivity contribution in [3.63, 3.8) is 0 Å². The zero-order chi connectivity index (χ0) is 30.1. The van der Waals surface area contributed by atoms with E-state index in [-0.39, 0.29) is 22.7 Å². The second-order valence-electron chi connectivity index (χ2n) is 11.9. The van der Waals surface area contributed by atoms with Crippen molar-refractivity contribution in [1.29, 1.82) is 0 Å². The minimum atomic E-state index is -3.83. The Balaban J connectivity index is 1.19. The topological polar surface area (TPSA) is 98.8 Å². The Labute approximate surface area is 265 Å². The molecule has 2 amide bonds. The summed E-state index contributed by atoms with van der Waals surface area (Å²) < 4.78 is 28.0. The molecule has 8 nitrogen and oxygen atoms in total. The van der Waals surface area contributed by atoms with Gasteiger partial charge in [0.05, 0.1) is 10.8 Å². The van der Waals surface area contributed by atoms with Gasteiger partial charge in [-0.3, -0.25) is 14.5 Å². The SMILES string of the molecule is O=C(N[C@@H](CSCC1CCCCC1)C(=O)NC1CCN(Cc2ccccc2)CC1)C1CSCN1S(=O)(=O)c1ccccc1. The number of hydrogen-bond donors (Lipinski definition) is 2. The second kappa shape index (κ2) is 15.8. The van der Waals surface area contributed by atoms with Crippen molar-refractivity contribution in [1.82, 2.24) is 19.8 Å². The summed E-state index contributed by atoms with van der Waals surface area (Å²) in [6, 6.07) is 17.2. The van der Waals surface area contributed by atoms with Gasteiger partial charge in [-0.05, 0) is 55.1 Å². The first-order valence-corrected chi connectivity index (χ1v) is 19.2. The number of nitrogens with zero attached hydrogens (tertiary/aromatic N) is 2. The van der Waals surface area contributed by atoms with Gasteiger partial charge in [-0.2, -0.15) is 16.1 Å². The number of carbonyl (C=O) groups is 2. The van der Waals surface area contributed by atoms with E-state index >= 15 is 0 Å². The number of rotatable bonds is 12. The molecule has 1 aliphatic carbocycles. The van der Waals surface area contributed by atoms with Crippen LogP contribution >= 0.6 is 23.5 Å². The van der Waals surface area contributed by atoms with E-state index in [9.17, 15) is 18.0 Å². The Morgan fingerprint density at radius 3 is 2.30 bits per heavy atom. The van der Waals surface area contributed by atoms with Gasteiger partial charge in [0.1, 0.15) is 12.1 Å². The van der Waals surface area contributed by atoms with E-state index in [0.29, 0.717) is 17.4 Å². The number of sulfonamides is 1. The first-order valence-electron chi connectivity index (χ1n) is 15.5. The van der Waals surface area contributed by atoms with Crippen LogP contribution < -0.4 is 10.6 Å². The van der Waals surface area contributed by atoms with Crippen molar-refractivity contribution in [2.24, 2.45) is 5.92 Å². The van der Waals surface area contributed by atoms with Gasteiger partial charge in [0, 0.05) is 37.2 Å². The lowest BCUT2D eigenvalue weighted by Crippen LogP contribution is -2.56. The van der Waals surface area contributed by atoms with Gasteiger partial charge in [0.2, 0.25) is 21.8 Å². The van der Waals surface area contributed by atoms with E-state index in [0.717, 1.165) is 38.2 Å². The molecule has 0 radical (unpaired) electrons. The van der Waals surface area contributed by atoms with Crippen molar-refractivity contribution < 1.29 is 18.0 Å². The van der Waals surface area contributed by atoms with Crippen molar-refractivity contribution >= 4 is 45.4 Å². The van der Waals surface area contributed by atoms with Gasteiger partial charge in [0.25, 0.3) is 0 Å². The number of likely N-dealkylation sites (tertiary alicyclic amines) is 1. The summed E-state index contributed by atoms with van der Waals surface area (Å²) in [4.78, 5) is 29.8. The molecule has 2 aliphatic heterocycles. The maximum atomic E-state index is 13.6. The van der Waals surface area contributed by atoms with Crippen molar-refractivity contribution in [2.45, 2.75) is 74.5 Å². The normalized spacial score (nSPS) is 21.8. The number of piperidine rings is 1. The van der Waals surface area contributed by atoms with Crippen LogP contribution in [-0.2, 0) is 26.2 Å². The molecule has 11 heteroatoms. The molecule has 2 heterocycles. The Bertz CT molecular complexity index is 1280. The molecule has 2 aromatic carbocycles. The Kier molecular flexibility index (Phi) is 11.9. The van der Waals surface area contributed by atoms with Crippen LogP contribution in [-0.4, -0.2) is 83.8 Å². The highest BCUT2D eigenvalue weighted by atomic mass is 32.2. The molecular weight excluding hydrogens is 601 g/mol. The molecule has 2 atom stereocenters. The fourth-order valence-electron chi connectivity index (χ4n) is 6.13. The lowest BCUT2D eigenvalue weighted by Gasteiger charge is -2.33. The Morgan fingerprint density at radius 2 is 1.60 bits per heavy atom. The van der Waals surface area contributed by atoms with Crippen LogP contribution in [0.15, 0.2) is 65.6 Å². The maximum Gasteiger partial charge on any atom is 0.244 e. The number of amides is 2. The summed E-state index contributed by atoms with van der Waals surface area (Å²) in [6.07, 6.45) is 7.99. The summed E-state index contributed by atoms with van der Waals surface area (Å²) in [5.74, 6) is 2.11. The summed E-state index contributed by atoms with van der Waals surface area (Å²) in [5, 5.41) is 6.20. The number of carbonyl (C=O) groups excluding carboxylic acids is 2. The fraction of sp³-hybridized carbons (Fsp3) is 0.562. The highest BCUT2D eigenvalue weighted by Gasteiger charge is 2.41. The van der Waals surface area contributed by atoms with Crippen molar-refractivity contribution in [3.8, 4) is 0 Å². The molecule has 2 saturated heterocycles. The molecule has 0 aromatic heterocycles. The Morgan fingerprint density at radius 1 is 0.930 bits per heavy atom. The third-order valence-electron chi connectivity index (χ3n) is 8.67. The van der Waals surface area contributed by atoms with Crippen molar-refractivity contribution in [2.75, 3.05) is 36.2 Å². The summed E-state index contributed by atoms with van der Waals surface area (Å²) in [6.45, 7) is 2.71. The lowest BCUT2D eigenvalue weighted by atomic mass is 9.91. The van der Waals surface area contributed by atoms with E-state index < -0.39 is 28.0 Å². The Hall–Kier alpha value is -2.05.